The summed E-state index contributed by atoms with van der Waals surface area (Å²) in [6.45, 7) is 5.19. The molecule has 1 aliphatic carbocycles. The van der Waals surface area contributed by atoms with Crippen LogP contribution in [0, 0.1) is 0 Å². The van der Waals surface area contributed by atoms with Crippen LogP contribution in [0.3, 0.4) is 0 Å². The monoisotopic (exact) mass is 233 g/mol. The van der Waals surface area contributed by atoms with E-state index < -0.39 is 0 Å². The van der Waals surface area contributed by atoms with Gasteiger partial charge in [-0.1, -0.05) is 31.2 Å². The number of hydrogen-bond donors (Lipinski definition) is 2. The third kappa shape index (κ3) is 3.30. The Kier molecular flexibility index (Phi) is 3.85. The Bertz CT molecular complexity index is 367. The number of rotatable bonds is 6. The summed E-state index contributed by atoms with van der Waals surface area (Å²) in [4.78, 5) is 0. The average molecular weight is 233 g/mol. The minimum absolute atomic E-state index is 0.157. The predicted octanol–water partition coefficient (Wildman–Crippen LogP) is 2.81. The fourth-order valence-corrected chi connectivity index (χ4v) is 1.98. The zero-order valence-corrected chi connectivity index (χ0v) is 10.9. The summed E-state index contributed by atoms with van der Waals surface area (Å²) in [7, 11) is 0. The molecule has 1 unspecified atom stereocenters. The SMILES string of the molecule is CCC(C)(CO)NCc1cccc(C2CC2)c1. The zero-order valence-electron chi connectivity index (χ0n) is 10.9. The van der Waals surface area contributed by atoms with Crippen LogP contribution in [-0.4, -0.2) is 17.3 Å². The summed E-state index contributed by atoms with van der Waals surface area (Å²) >= 11 is 0. The molecule has 0 saturated heterocycles. The normalized spacial score (nSPS) is 19.0. The van der Waals surface area contributed by atoms with E-state index in [2.05, 4.69) is 43.4 Å². The number of benzene rings is 1. The van der Waals surface area contributed by atoms with Crippen LogP contribution in [0.5, 0.6) is 0 Å². The Morgan fingerprint density at radius 2 is 2.18 bits per heavy atom. The average Bonchev–Trinajstić information content (AvgIpc) is 3.21. The lowest BCUT2D eigenvalue weighted by molar-refractivity contribution is 0.169. The summed E-state index contributed by atoms with van der Waals surface area (Å²) < 4.78 is 0. The first kappa shape index (κ1) is 12.6. The van der Waals surface area contributed by atoms with Crippen molar-refractivity contribution in [2.45, 2.75) is 51.1 Å². The lowest BCUT2D eigenvalue weighted by Crippen LogP contribution is -2.44. The maximum absolute atomic E-state index is 9.35. The minimum atomic E-state index is -0.157. The molecule has 0 heterocycles. The number of hydrogen-bond acceptors (Lipinski definition) is 2. The van der Waals surface area contributed by atoms with E-state index >= 15 is 0 Å². The van der Waals surface area contributed by atoms with Gasteiger partial charge in [0, 0.05) is 12.1 Å². The van der Waals surface area contributed by atoms with Gasteiger partial charge in [0.25, 0.3) is 0 Å². The molecule has 2 N–H and O–H groups in total. The van der Waals surface area contributed by atoms with Crippen LogP contribution in [0.2, 0.25) is 0 Å². The Hall–Kier alpha value is -0.860. The Balaban J connectivity index is 1.96. The van der Waals surface area contributed by atoms with Crippen LogP contribution in [0.1, 0.15) is 50.2 Å². The van der Waals surface area contributed by atoms with Gasteiger partial charge in [-0.05, 0) is 43.2 Å². The molecule has 1 atom stereocenters. The molecule has 0 amide bonds. The molecule has 17 heavy (non-hydrogen) atoms. The van der Waals surface area contributed by atoms with Crippen LogP contribution in [0.15, 0.2) is 24.3 Å². The van der Waals surface area contributed by atoms with Gasteiger partial charge in [-0.3, -0.25) is 0 Å². The summed E-state index contributed by atoms with van der Waals surface area (Å²) in [6.07, 6.45) is 3.63. The van der Waals surface area contributed by atoms with Crippen molar-refractivity contribution >= 4 is 0 Å². The molecule has 0 radical (unpaired) electrons. The second-order valence-corrected chi connectivity index (χ2v) is 5.45. The molecule has 0 bridgehead atoms. The molecule has 2 rings (SSSR count). The van der Waals surface area contributed by atoms with Gasteiger partial charge in [-0.25, -0.2) is 0 Å². The van der Waals surface area contributed by atoms with Crippen molar-refractivity contribution < 1.29 is 5.11 Å². The highest BCUT2D eigenvalue weighted by molar-refractivity contribution is 5.29. The van der Waals surface area contributed by atoms with Gasteiger partial charge < -0.3 is 10.4 Å². The molecular formula is C15H23NO. The highest BCUT2D eigenvalue weighted by Crippen LogP contribution is 2.40. The van der Waals surface area contributed by atoms with Crippen molar-refractivity contribution in [3.63, 3.8) is 0 Å². The van der Waals surface area contributed by atoms with Crippen LogP contribution < -0.4 is 5.32 Å². The number of aliphatic hydroxyl groups excluding tert-OH is 1. The van der Waals surface area contributed by atoms with Gasteiger partial charge in [0.2, 0.25) is 0 Å². The molecule has 2 nitrogen and oxygen atoms in total. The van der Waals surface area contributed by atoms with E-state index in [9.17, 15) is 5.11 Å². The van der Waals surface area contributed by atoms with Crippen molar-refractivity contribution in [2.24, 2.45) is 0 Å². The van der Waals surface area contributed by atoms with Gasteiger partial charge in [0.1, 0.15) is 0 Å². The van der Waals surface area contributed by atoms with Crippen molar-refractivity contribution in [1.82, 2.24) is 5.32 Å². The molecule has 94 valence electrons. The first-order valence-corrected chi connectivity index (χ1v) is 6.61. The largest absolute Gasteiger partial charge is 0.394 e. The van der Waals surface area contributed by atoms with Gasteiger partial charge in [0.15, 0.2) is 0 Å². The topological polar surface area (TPSA) is 32.3 Å². The fraction of sp³-hybridized carbons (Fsp3) is 0.600. The van der Waals surface area contributed by atoms with Gasteiger partial charge in [-0.15, -0.1) is 0 Å². The lowest BCUT2D eigenvalue weighted by Gasteiger charge is -2.27. The molecule has 0 aliphatic heterocycles. The highest BCUT2D eigenvalue weighted by atomic mass is 16.3. The Morgan fingerprint density at radius 3 is 2.76 bits per heavy atom. The molecule has 1 aromatic carbocycles. The third-order valence-corrected chi connectivity index (χ3v) is 3.85. The molecule has 1 saturated carbocycles. The molecule has 1 fully saturated rings. The Labute approximate surface area is 104 Å². The maximum atomic E-state index is 9.35. The summed E-state index contributed by atoms with van der Waals surface area (Å²) in [5.41, 5.74) is 2.64. The van der Waals surface area contributed by atoms with E-state index in [-0.39, 0.29) is 12.1 Å². The molecule has 0 aromatic heterocycles. The molecular weight excluding hydrogens is 210 g/mol. The Morgan fingerprint density at radius 1 is 1.41 bits per heavy atom. The fourth-order valence-electron chi connectivity index (χ4n) is 1.98. The standard InChI is InChI=1S/C15H23NO/c1-3-15(2,11-17)16-10-12-5-4-6-14(9-12)13-7-8-13/h4-6,9,13,16-17H,3,7-8,10-11H2,1-2H3. The zero-order chi connectivity index (χ0) is 12.3. The van der Waals surface area contributed by atoms with Gasteiger partial charge >= 0.3 is 0 Å². The number of nitrogens with one attached hydrogen (secondary N) is 1. The van der Waals surface area contributed by atoms with Crippen molar-refractivity contribution in [2.75, 3.05) is 6.61 Å². The molecule has 1 aromatic rings. The van der Waals surface area contributed by atoms with Gasteiger partial charge in [-0.2, -0.15) is 0 Å². The maximum Gasteiger partial charge on any atom is 0.0610 e. The summed E-state index contributed by atoms with van der Waals surface area (Å²) in [6, 6.07) is 8.84. The van der Waals surface area contributed by atoms with E-state index in [0.29, 0.717) is 0 Å². The van der Waals surface area contributed by atoms with Crippen LogP contribution in [0.25, 0.3) is 0 Å². The smallest absolute Gasteiger partial charge is 0.0610 e. The van der Waals surface area contributed by atoms with E-state index in [1.165, 1.54) is 24.0 Å². The summed E-state index contributed by atoms with van der Waals surface area (Å²) in [5, 5.41) is 12.8. The highest BCUT2D eigenvalue weighted by Gasteiger charge is 2.24. The third-order valence-electron chi connectivity index (χ3n) is 3.85. The van der Waals surface area contributed by atoms with Crippen LogP contribution in [-0.2, 0) is 6.54 Å². The predicted molar refractivity (Wildman–Crippen MR) is 71.0 cm³/mol. The number of aliphatic hydroxyl groups is 1. The van der Waals surface area contributed by atoms with E-state index in [1.807, 2.05) is 0 Å². The van der Waals surface area contributed by atoms with Gasteiger partial charge in [0.05, 0.1) is 6.61 Å². The van der Waals surface area contributed by atoms with E-state index in [4.69, 9.17) is 0 Å². The van der Waals surface area contributed by atoms with E-state index in [1.54, 1.807) is 0 Å². The quantitative estimate of drug-likeness (QED) is 0.792. The first-order valence-electron chi connectivity index (χ1n) is 6.61. The molecule has 0 spiro atoms. The van der Waals surface area contributed by atoms with Crippen molar-refractivity contribution in [3.8, 4) is 0 Å². The second kappa shape index (κ2) is 5.19. The van der Waals surface area contributed by atoms with Crippen molar-refractivity contribution in [3.05, 3.63) is 35.4 Å². The first-order chi connectivity index (χ1) is 8.17. The summed E-state index contributed by atoms with van der Waals surface area (Å²) in [5.74, 6) is 0.811. The minimum Gasteiger partial charge on any atom is -0.394 e. The lowest BCUT2D eigenvalue weighted by atomic mass is 9.99. The van der Waals surface area contributed by atoms with E-state index in [0.717, 1.165) is 18.9 Å². The van der Waals surface area contributed by atoms with Crippen LogP contribution >= 0.6 is 0 Å². The molecule has 1 aliphatic rings. The second-order valence-electron chi connectivity index (χ2n) is 5.45. The van der Waals surface area contributed by atoms with Crippen molar-refractivity contribution in [1.29, 1.82) is 0 Å². The van der Waals surface area contributed by atoms with Crippen LogP contribution in [0.4, 0.5) is 0 Å². The molecule has 2 heteroatoms.